The van der Waals surface area contributed by atoms with Crippen molar-refractivity contribution in [2.75, 3.05) is 7.11 Å². The van der Waals surface area contributed by atoms with Crippen molar-refractivity contribution in [2.45, 2.75) is 59.7 Å². The maximum absolute atomic E-state index is 13.4. The number of nitrogens with one attached hydrogen (secondary N) is 2. The number of nitrogens with zero attached hydrogens (tertiary/aromatic N) is 2. The van der Waals surface area contributed by atoms with Gasteiger partial charge in [0.1, 0.15) is 5.69 Å². The standard InChI is InChI=1S/C22H30N4O4/c1-13-17(14(2)24-18(13)20(28)30-7)19(27)15(3)26(21(29)25-22(4,5)6)12-16-8-10-23-11-9-16/h8-11,15,24H,12H2,1-7H3,(H,25,29). The Balaban J connectivity index is 2.40. The van der Waals surface area contributed by atoms with E-state index in [9.17, 15) is 14.4 Å². The van der Waals surface area contributed by atoms with Gasteiger partial charge in [0.05, 0.1) is 13.2 Å². The van der Waals surface area contributed by atoms with Crippen molar-refractivity contribution in [2.24, 2.45) is 0 Å². The summed E-state index contributed by atoms with van der Waals surface area (Å²) in [7, 11) is 1.29. The van der Waals surface area contributed by atoms with Crippen LogP contribution in [0.2, 0.25) is 0 Å². The minimum Gasteiger partial charge on any atom is -0.464 e. The lowest BCUT2D eigenvalue weighted by Gasteiger charge is -2.32. The van der Waals surface area contributed by atoms with Crippen molar-refractivity contribution >= 4 is 17.8 Å². The molecule has 30 heavy (non-hydrogen) atoms. The molecule has 0 bridgehead atoms. The molecule has 1 unspecified atom stereocenters. The lowest BCUT2D eigenvalue weighted by Crippen LogP contribution is -2.52. The van der Waals surface area contributed by atoms with Crippen molar-refractivity contribution in [3.8, 4) is 0 Å². The van der Waals surface area contributed by atoms with Crippen LogP contribution in [0.4, 0.5) is 4.79 Å². The Morgan fingerprint density at radius 3 is 2.33 bits per heavy atom. The molecule has 2 rings (SSSR count). The van der Waals surface area contributed by atoms with E-state index in [1.165, 1.54) is 12.0 Å². The Morgan fingerprint density at radius 2 is 1.80 bits per heavy atom. The van der Waals surface area contributed by atoms with Gasteiger partial charge in [-0.05, 0) is 64.8 Å². The molecule has 0 aliphatic heterocycles. The number of ketones is 1. The van der Waals surface area contributed by atoms with Gasteiger partial charge < -0.3 is 19.9 Å². The number of Topliss-reactive ketones (excluding diaryl/α,β-unsaturated/α-hetero) is 1. The number of pyridine rings is 1. The maximum Gasteiger partial charge on any atom is 0.354 e. The molecule has 8 nitrogen and oxygen atoms in total. The predicted octanol–water partition coefficient (Wildman–Crippen LogP) is 3.39. The van der Waals surface area contributed by atoms with Crippen molar-refractivity contribution < 1.29 is 19.1 Å². The van der Waals surface area contributed by atoms with E-state index in [0.717, 1.165) is 5.56 Å². The van der Waals surface area contributed by atoms with E-state index < -0.39 is 17.6 Å². The number of hydrogen-bond donors (Lipinski definition) is 2. The van der Waals surface area contributed by atoms with E-state index in [0.29, 0.717) is 16.8 Å². The monoisotopic (exact) mass is 414 g/mol. The average molecular weight is 415 g/mol. The molecule has 0 aromatic carbocycles. The van der Waals surface area contributed by atoms with Gasteiger partial charge in [0.25, 0.3) is 0 Å². The zero-order valence-corrected chi connectivity index (χ0v) is 18.6. The zero-order valence-electron chi connectivity index (χ0n) is 18.6. The summed E-state index contributed by atoms with van der Waals surface area (Å²) in [5.74, 6) is -0.795. The van der Waals surface area contributed by atoms with Crippen molar-refractivity contribution in [3.63, 3.8) is 0 Å². The molecule has 0 aliphatic carbocycles. The van der Waals surface area contributed by atoms with Crippen molar-refractivity contribution in [1.29, 1.82) is 0 Å². The van der Waals surface area contributed by atoms with Crippen LogP contribution < -0.4 is 5.32 Å². The summed E-state index contributed by atoms with van der Waals surface area (Å²) in [6, 6.07) is 2.49. The molecule has 2 aromatic heterocycles. The number of aromatic amines is 1. The molecule has 0 aliphatic rings. The highest BCUT2D eigenvalue weighted by atomic mass is 16.5. The van der Waals surface area contributed by atoms with Gasteiger partial charge in [0, 0.05) is 35.7 Å². The lowest BCUT2D eigenvalue weighted by atomic mass is 9.99. The first-order chi connectivity index (χ1) is 14.0. The summed E-state index contributed by atoms with van der Waals surface area (Å²) < 4.78 is 4.78. The molecule has 0 saturated heterocycles. The van der Waals surface area contributed by atoms with Crippen LogP contribution in [0.1, 0.15) is 65.4 Å². The number of carbonyl (C=O) groups is 3. The first kappa shape index (κ1) is 23.1. The molecule has 2 aromatic rings. The topological polar surface area (TPSA) is 104 Å². The van der Waals surface area contributed by atoms with Crippen LogP contribution in [0.15, 0.2) is 24.5 Å². The van der Waals surface area contributed by atoms with Crippen LogP contribution in [-0.4, -0.2) is 51.3 Å². The number of aryl methyl sites for hydroxylation is 1. The van der Waals surface area contributed by atoms with E-state index >= 15 is 0 Å². The third-order valence-electron chi connectivity index (χ3n) is 4.77. The molecule has 0 fully saturated rings. The highest BCUT2D eigenvalue weighted by Gasteiger charge is 2.32. The number of carbonyl (C=O) groups excluding carboxylic acids is 3. The Bertz CT molecular complexity index is 929. The lowest BCUT2D eigenvalue weighted by molar-refractivity contribution is 0.0593. The summed E-state index contributed by atoms with van der Waals surface area (Å²) in [5, 5.41) is 2.93. The minimum atomic E-state index is -0.765. The largest absolute Gasteiger partial charge is 0.464 e. The fourth-order valence-electron chi connectivity index (χ4n) is 3.24. The normalized spacial score (nSPS) is 12.2. The average Bonchev–Trinajstić information content (AvgIpc) is 2.98. The van der Waals surface area contributed by atoms with Crippen LogP contribution in [-0.2, 0) is 11.3 Å². The molecule has 2 heterocycles. The van der Waals surface area contributed by atoms with Gasteiger partial charge in [0.15, 0.2) is 5.78 Å². The van der Waals surface area contributed by atoms with Crippen LogP contribution in [0, 0.1) is 13.8 Å². The smallest absolute Gasteiger partial charge is 0.354 e. The summed E-state index contributed by atoms with van der Waals surface area (Å²) >= 11 is 0. The Hall–Kier alpha value is -3.16. The quantitative estimate of drug-likeness (QED) is 0.557. The molecular weight excluding hydrogens is 384 g/mol. The van der Waals surface area contributed by atoms with Gasteiger partial charge in [-0.1, -0.05) is 0 Å². The highest BCUT2D eigenvalue weighted by molar-refractivity contribution is 6.06. The van der Waals surface area contributed by atoms with Gasteiger partial charge >= 0.3 is 12.0 Å². The van der Waals surface area contributed by atoms with Crippen molar-refractivity contribution in [3.05, 3.63) is 52.6 Å². The third kappa shape index (κ3) is 5.25. The number of H-pyrrole nitrogens is 1. The number of ether oxygens (including phenoxy) is 1. The second-order valence-electron chi connectivity index (χ2n) is 8.32. The van der Waals surface area contributed by atoms with Gasteiger partial charge in [0.2, 0.25) is 0 Å². The predicted molar refractivity (Wildman–Crippen MR) is 113 cm³/mol. The second kappa shape index (κ2) is 9.11. The minimum absolute atomic E-state index is 0.240. The molecule has 2 amide bonds. The van der Waals surface area contributed by atoms with Gasteiger partial charge in [-0.3, -0.25) is 9.78 Å². The van der Waals surface area contributed by atoms with Crippen LogP contribution in [0.25, 0.3) is 0 Å². The summed E-state index contributed by atoms with van der Waals surface area (Å²) in [5.41, 5.74) is 2.10. The van der Waals surface area contributed by atoms with Crippen LogP contribution in [0.5, 0.6) is 0 Å². The van der Waals surface area contributed by atoms with Gasteiger partial charge in [-0.2, -0.15) is 0 Å². The number of esters is 1. The second-order valence-corrected chi connectivity index (χ2v) is 8.32. The van der Waals surface area contributed by atoms with E-state index in [-0.39, 0.29) is 24.1 Å². The van der Waals surface area contributed by atoms with Crippen LogP contribution >= 0.6 is 0 Å². The van der Waals surface area contributed by atoms with E-state index in [4.69, 9.17) is 4.74 Å². The number of amides is 2. The van der Waals surface area contributed by atoms with Crippen molar-refractivity contribution in [1.82, 2.24) is 20.2 Å². The molecule has 2 N–H and O–H groups in total. The number of aromatic nitrogens is 2. The highest BCUT2D eigenvalue weighted by Crippen LogP contribution is 2.23. The Labute approximate surface area is 177 Å². The Morgan fingerprint density at radius 1 is 1.20 bits per heavy atom. The molecule has 0 spiro atoms. The van der Waals surface area contributed by atoms with Gasteiger partial charge in [-0.15, -0.1) is 0 Å². The zero-order chi connectivity index (χ0) is 22.6. The number of methoxy groups -OCH3 is 1. The third-order valence-corrected chi connectivity index (χ3v) is 4.77. The summed E-state index contributed by atoms with van der Waals surface area (Å²) in [6.07, 6.45) is 3.29. The molecule has 8 heteroatoms. The molecular formula is C22H30N4O4. The molecule has 162 valence electrons. The maximum atomic E-state index is 13.4. The van der Waals surface area contributed by atoms with Crippen LogP contribution in [0.3, 0.4) is 0 Å². The fraction of sp³-hybridized carbons (Fsp3) is 0.455. The summed E-state index contributed by atoms with van der Waals surface area (Å²) in [6.45, 7) is 11.0. The SMILES string of the molecule is COC(=O)c1[nH]c(C)c(C(=O)C(C)N(Cc2ccncc2)C(=O)NC(C)(C)C)c1C. The van der Waals surface area contributed by atoms with Gasteiger partial charge in [-0.25, -0.2) is 9.59 Å². The number of rotatable bonds is 6. The Kier molecular flexibility index (Phi) is 7.02. The summed E-state index contributed by atoms with van der Waals surface area (Å²) in [4.78, 5) is 46.9. The van der Waals surface area contributed by atoms with E-state index in [2.05, 4.69) is 15.3 Å². The van der Waals surface area contributed by atoms with E-state index in [1.54, 1.807) is 45.3 Å². The number of urea groups is 1. The molecule has 0 radical (unpaired) electrons. The molecule has 1 atom stereocenters. The number of hydrogen-bond acceptors (Lipinski definition) is 5. The first-order valence-electron chi connectivity index (χ1n) is 9.75. The first-order valence-corrected chi connectivity index (χ1v) is 9.75. The fourth-order valence-corrected chi connectivity index (χ4v) is 3.24. The molecule has 0 saturated carbocycles. The van der Waals surface area contributed by atoms with E-state index in [1.807, 2.05) is 20.8 Å².